The monoisotopic (exact) mass is 282 g/mol. The fourth-order valence-electron chi connectivity index (χ4n) is 1.99. The summed E-state index contributed by atoms with van der Waals surface area (Å²) >= 11 is 1.46. The largest absolute Gasteiger partial charge is 0.378 e. The van der Waals surface area contributed by atoms with Crippen LogP contribution in [0.4, 0.5) is 13.9 Å². The van der Waals surface area contributed by atoms with E-state index in [2.05, 4.69) is 9.88 Å². The fraction of sp³-hybridized carbons (Fsp3) is 0.308. The Kier molecular flexibility index (Phi) is 3.44. The maximum Gasteiger partial charge on any atom is 0.186 e. The van der Waals surface area contributed by atoms with Crippen LogP contribution in [-0.4, -0.2) is 31.3 Å². The molecule has 1 aromatic carbocycles. The molecule has 0 saturated carbocycles. The van der Waals surface area contributed by atoms with Crippen molar-refractivity contribution in [3.63, 3.8) is 0 Å². The van der Waals surface area contributed by atoms with Crippen molar-refractivity contribution in [3.8, 4) is 11.3 Å². The van der Waals surface area contributed by atoms with Crippen molar-refractivity contribution in [1.82, 2.24) is 4.98 Å². The van der Waals surface area contributed by atoms with Crippen LogP contribution in [0.1, 0.15) is 0 Å². The van der Waals surface area contributed by atoms with Crippen LogP contribution in [0.3, 0.4) is 0 Å². The van der Waals surface area contributed by atoms with Crippen LogP contribution in [0.2, 0.25) is 0 Å². The fourth-order valence-corrected chi connectivity index (χ4v) is 2.86. The normalized spacial score (nSPS) is 15.8. The van der Waals surface area contributed by atoms with E-state index in [0.717, 1.165) is 24.3 Å². The molecule has 0 radical (unpaired) electrons. The van der Waals surface area contributed by atoms with Crippen molar-refractivity contribution in [1.29, 1.82) is 0 Å². The zero-order valence-electron chi connectivity index (χ0n) is 10.1. The Labute approximate surface area is 113 Å². The molecule has 0 unspecified atom stereocenters. The standard InChI is InChI=1S/C13H12F2N2OS/c14-9-1-2-10(11(15)7-9)12-8-19-13(16-12)17-3-5-18-6-4-17/h1-2,7-8H,3-6H2. The number of benzene rings is 1. The lowest BCUT2D eigenvalue weighted by Crippen LogP contribution is -2.36. The summed E-state index contributed by atoms with van der Waals surface area (Å²) in [6.07, 6.45) is 0. The Morgan fingerprint density at radius 1 is 1.21 bits per heavy atom. The van der Waals surface area contributed by atoms with E-state index in [1.54, 1.807) is 5.38 Å². The number of anilines is 1. The molecule has 19 heavy (non-hydrogen) atoms. The van der Waals surface area contributed by atoms with Gasteiger partial charge in [-0.3, -0.25) is 0 Å². The molecule has 2 heterocycles. The molecular formula is C13H12F2N2OS. The summed E-state index contributed by atoms with van der Waals surface area (Å²) in [5, 5.41) is 2.64. The molecule has 3 nitrogen and oxygen atoms in total. The number of ether oxygens (including phenoxy) is 1. The number of hydrogen-bond donors (Lipinski definition) is 0. The molecule has 1 saturated heterocycles. The lowest BCUT2D eigenvalue weighted by Gasteiger charge is -2.26. The van der Waals surface area contributed by atoms with Gasteiger partial charge in [0, 0.05) is 30.1 Å². The SMILES string of the molecule is Fc1ccc(-c2csc(N3CCOCC3)n2)c(F)c1. The second kappa shape index (κ2) is 5.22. The number of nitrogens with zero attached hydrogens (tertiary/aromatic N) is 2. The Morgan fingerprint density at radius 2 is 2.00 bits per heavy atom. The molecule has 0 aliphatic carbocycles. The van der Waals surface area contributed by atoms with E-state index in [1.807, 2.05) is 0 Å². The summed E-state index contributed by atoms with van der Waals surface area (Å²) in [5.74, 6) is -1.16. The highest BCUT2D eigenvalue weighted by Crippen LogP contribution is 2.29. The minimum atomic E-state index is -0.584. The average Bonchev–Trinajstić information content (AvgIpc) is 2.89. The second-order valence-electron chi connectivity index (χ2n) is 4.24. The van der Waals surface area contributed by atoms with E-state index in [9.17, 15) is 8.78 Å². The minimum Gasteiger partial charge on any atom is -0.378 e. The second-order valence-corrected chi connectivity index (χ2v) is 5.08. The van der Waals surface area contributed by atoms with Crippen LogP contribution in [-0.2, 0) is 4.74 Å². The molecule has 0 N–H and O–H groups in total. The molecule has 3 rings (SSSR count). The van der Waals surface area contributed by atoms with Crippen molar-refractivity contribution in [2.24, 2.45) is 0 Å². The van der Waals surface area contributed by atoms with Gasteiger partial charge in [-0.1, -0.05) is 0 Å². The van der Waals surface area contributed by atoms with Crippen molar-refractivity contribution >= 4 is 16.5 Å². The molecular weight excluding hydrogens is 270 g/mol. The van der Waals surface area contributed by atoms with Gasteiger partial charge >= 0.3 is 0 Å². The summed E-state index contributed by atoms with van der Waals surface area (Å²) in [4.78, 5) is 6.53. The van der Waals surface area contributed by atoms with E-state index >= 15 is 0 Å². The first-order valence-electron chi connectivity index (χ1n) is 5.98. The van der Waals surface area contributed by atoms with Gasteiger partial charge in [0.1, 0.15) is 11.6 Å². The third kappa shape index (κ3) is 2.59. The summed E-state index contributed by atoms with van der Waals surface area (Å²) in [7, 11) is 0. The van der Waals surface area contributed by atoms with Crippen molar-refractivity contribution in [2.45, 2.75) is 0 Å². The smallest absolute Gasteiger partial charge is 0.186 e. The summed E-state index contributed by atoms with van der Waals surface area (Å²) in [6, 6.07) is 3.54. The topological polar surface area (TPSA) is 25.4 Å². The van der Waals surface area contributed by atoms with Crippen molar-refractivity contribution in [2.75, 3.05) is 31.2 Å². The van der Waals surface area contributed by atoms with Crippen LogP contribution in [0, 0.1) is 11.6 Å². The van der Waals surface area contributed by atoms with Gasteiger partial charge in [0.15, 0.2) is 5.13 Å². The Morgan fingerprint density at radius 3 is 2.74 bits per heavy atom. The van der Waals surface area contributed by atoms with Crippen LogP contribution in [0.5, 0.6) is 0 Å². The van der Waals surface area contributed by atoms with Gasteiger partial charge in [-0.15, -0.1) is 11.3 Å². The number of hydrogen-bond acceptors (Lipinski definition) is 4. The molecule has 6 heteroatoms. The number of aromatic nitrogens is 1. The summed E-state index contributed by atoms with van der Waals surface area (Å²) < 4.78 is 31.8. The Bertz CT molecular complexity index is 582. The molecule has 2 aromatic rings. The first-order valence-corrected chi connectivity index (χ1v) is 6.85. The van der Waals surface area contributed by atoms with Gasteiger partial charge < -0.3 is 9.64 Å². The number of rotatable bonds is 2. The third-order valence-electron chi connectivity index (χ3n) is 2.98. The molecule has 1 aromatic heterocycles. The lowest BCUT2D eigenvalue weighted by atomic mass is 10.1. The van der Waals surface area contributed by atoms with Crippen molar-refractivity contribution in [3.05, 3.63) is 35.2 Å². The third-order valence-corrected chi connectivity index (χ3v) is 3.88. The summed E-state index contributed by atoms with van der Waals surface area (Å²) in [6.45, 7) is 2.94. The van der Waals surface area contributed by atoms with Gasteiger partial charge in [-0.05, 0) is 12.1 Å². The predicted octanol–water partition coefficient (Wildman–Crippen LogP) is 2.92. The molecule has 1 fully saturated rings. The van der Waals surface area contributed by atoms with Gasteiger partial charge in [-0.2, -0.15) is 0 Å². The van der Waals surface area contributed by atoms with Gasteiger partial charge in [0.05, 0.1) is 18.9 Å². The van der Waals surface area contributed by atoms with Gasteiger partial charge in [-0.25, -0.2) is 13.8 Å². The quantitative estimate of drug-likeness (QED) is 0.847. The molecule has 1 aliphatic heterocycles. The molecule has 0 atom stereocenters. The minimum absolute atomic E-state index is 0.331. The summed E-state index contributed by atoms with van der Waals surface area (Å²) in [5.41, 5.74) is 0.876. The van der Waals surface area contributed by atoms with E-state index in [1.165, 1.54) is 23.5 Å². The zero-order valence-corrected chi connectivity index (χ0v) is 10.9. The van der Waals surface area contributed by atoms with E-state index in [0.29, 0.717) is 24.5 Å². The van der Waals surface area contributed by atoms with Crippen LogP contribution < -0.4 is 4.90 Å². The zero-order chi connectivity index (χ0) is 13.2. The van der Waals surface area contributed by atoms with Gasteiger partial charge in [0.2, 0.25) is 0 Å². The maximum atomic E-state index is 13.7. The van der Waals surface area contributed by atoms with E-state index in [4.69, 9.17) is 4.74 Å². The molecule has 1 aliphatic rings. The Balaban J connectivity index is 1.87. The van der Waals surface area contributed by atoms with Crippen LogP contribution in [0.15, 0.2) is 23.6 Å². The highest BCUT2D eigenvalue weighted by atomic mass is 32.1. The maximum absolute atomic E-state index is 13.7. The predicted molar refractivity (Wildman–Crippen MR) is 70.5 cm³/mol. The van der Waals surface area contributed by atoms with Crippen LogP contribution >= 0.6 is 11.3 Å². The average molecular weight is 282 g/mol. The van der Waals surface area contributed by atoms with Crippen LogP contribution in [0.25, 0.3) is 11.3 Å². The Hall–Kier alpha value is -1.53. The number of morpholine rings is 1. The molecule has 0 spiro atoms. The molecule has 100 valence electrons. The lowest BCUT2D eigenvalue weighted by molar-refractivity contribution is 0.122. The molecule has 0 bridgehead atoms. The molecule has 0 amide bonds. The first kappa shape index (κ1) is 12.5. The number of halogens is 2. The van der Waals surface area contributed by atoms with E-state index < -0.39 is 11.6 Å². The highest BCUT2D eigenvalue weighted by molar-refractivity contribution is 7.14. The number of thiazole rings is 1. The highest BCUT2D eigenvalue weighted by Gasteiger charge is 2.16. The van der Waals surface area contributed by atoms with E-state index in [-0.39, 0.29) is 0 Å². The van der Waals surface area contributed by atoms with Gasteiger partial charge in [0.25, 0.3) is 0 Å². The first-order chi connectivity index (χ1) is 9.24. The van der Waals surface area contributed by atoms with Crippen molar-refractivity contribution < 1.29 is 13.5 Å².